The number of nitrogens with one attached hydrogen (secondary N) is 1. The molecule has 0 atom stereocenters. The van der Waals surface area contributed by atoms with Crippen LogP contribution in [0.2, 0.25) is 0 Å². The first-order valence-corrected chi connectivity index (χ1v) is 27.0. The molecule has 6 aromatic rings. The average molecular weight is 1120 g/mol. The van der Waals surface area contributed by atoms with Crippen LogP contribution in [0.3, 0.4) is 0 Å². The number of rotatable bonds is 23. The Morgan fingerprint density at radius 3 is 1.97 bits per heavy atom. The van der Waals surface area contributed by atoms with Gasteiger partial charge in [0.2, 0.25) is 0 Å². The van der Waals surface area contributed by atoms with Gasteiger partial charge >= 0.3 is 0 Å². The van der Waals surface area contributed by atoms with Crippen LogP contribution in [0.4, 0.5) is 51.2 Å². The minimum Gasteiger partial charge on any atom is -0.505 e. The third kappa shape index (κ3) is 15.8. The number of fused-ring (bicyclic) bond motifs is 1. The first kappa shape index (κ1) is 58.5. The zero-order chi connectivity index (χ0) is 54.2. The fourth-order valence-electron chi connectivity index (χ4n) is 6.69. The molecule has 26 nitrogen and oxygen atoms in total. The summed E-state index contributed by atoms with van der Waals surface area (Å²) >= 11 is 0.694. The number of sulfonamides is 1. The van der Waals surface area contributed by atoms with Gasteiger partial charge in [-0.25, -0.2) is 18.9 Å². The van der Waals surface area contributed by atoms with E-state index in [0.717, 1.165) is 36.5 Å². The number of nitrogens with zero attached hydrogens (tertiary/aromatic N) is 7. The van der Waals surface area contributed by atoms with Crippen molar-refractivity contribution in [1.29, 1.82) is 0 Å². The Labute approximate surface area is 433 Å². The molecule has 0 heterocycles. The van der Waals surface area contributed by atoms with E-state index >= 15 is 0 Å². The van der Waals surface area contributed by atoms with E-state index in [1.54, 1.807) is 48.5 Å². The zero-order valence-corrected chi connectivity index (χ0v) is 43.4. The van der Waals surface area contributed by atoms with Crippen molar-refractivity contribution in [3.05, 3.63) is 108 Å². The molecule has 74 heavy (non-hydrogen) atoms. The number of azo groups is 3. The molecule has 0 saturated carbocycles. The van der Waals surface area contributed by atoms with Crippen LogP contribution in [0.5, 0.6) is 5.75 Å². The maximum atomic E-state index is 12.5. The predicted molar refractivity (Wildman–Crippen MR) is 275 cm³/mol. The minimum atomic E-state index is -4.91. The van der Waals surface area contributed by atoms with Crippen molar-refractivity contribution in [2.75, 3.05) is 47.8 Å². The van der Waals surface area contributed by atoms with E-state index < -0.39 is 51.5 Å². The Hall–Kier alpha value is -6.43. The number of hydrogen-bond donors (Lipinski definition) is 8. The molecule has 6 aromatic carbocycles. The van der Waals surface area contributed by atoms with Crippen molar-refractivity contribution in [2.45, 2.75) is 53.2 Å². The molecule has 0 aliphatic carbocycles. The summed E-state index contributed by atoms with van der Waals surface area (Å²) in [7, 11) is -12.2. The van der Waals surface area contributed by atoms with Crippen molar-refractivity contribution in [1.82, 2.24) is 0 Å². The molecule has 0 saturated heterocycles. The van der Waals surface area contributed by atoms with Gasteiger partial charge in [0, 0.05) is 31.5 Å². The van der Waals surface area contributed by atoms with E-state index in [1.165, 1.54) is 25.2 Å². The first-order valence-electron chi connectivity index (χ1n) is 21.2. The Kier molecular flexibility index (Phi) is 21.1. The highest BCUT2D eigenvalue weighted by Gasteiger charge is 2.26. The lowest BCUT2D eigenvalue weighted by Gasteiger charge is -2.21. The zero-order valence-electron chi connectivity index (χ0n) is 39.3. The molecule has 0 aliphatic heterocycles. The molecule has 0 aromatic heterocycles. The number of hydrogen-bond acceptors (Lipinski definition) is 25. The van der Waals surface area contributed by atoms with E-state index in [1.807, 2.05) is 25.1 Å². The molecule has 396 valence electrons. The van der Waals surface area contributed by atoms with Crippen LogP contribution in [0.1, 0.15) is 31.4 Å². The van der Waals surface area contributed by atoms with Crippen molar-refractivity contribution in [2.24, 2.45) is 30.7 Å². The fourth-order valence-corrected chi connectivity index (χ4v) is 9.84. The van der Waals surface area contributed by atoms with Gasteiger partial charge in [-0.3, -0.25) is 18.0 Å². The maximum absolute atomic E-state index is 12.5. The van der Waals surface area contributed by atoms with E-state index in [-0.39, 0.29) is 44.2 Å². The summed E-state index contributed by atoms with van der Waals surface area (Å²) < 4.78 is 109. The van der Waals surface area contributed by atoms with Gasteiger partial charge < -0.3 is 21.5 Å². The van der Waals surface area contributed by atoms with Crippen LogP contribution < -0.4 is 21.1 Å². The Morgan fingerprint density at radius 2 is 1.36 bits per heavy atom. The highest BCUT2D eigenvalue weighted by molar-refractivity contribution is 7.94. The van der Waals surface area contributed by atoms with Gasteiger partial charge in [0.25, 0.3) is 30.3 Å². The summed E-state index contributed by atoms with van der Waals surface area (Å²) in [5.74, 6) is -0.804. The lowest BCUT2D eigenvalue weighted by Crippen LogP contribution is -2.21. The van der Waals surface area contributed by atoms with Crippen LogP contribution >= 0.6 is 24.4 Å². The van der Waals surface area contributed by atoms with Crippen LogP contribution in [0, 0.1) is 6.92 Å². The second kappa shape index (κ2) is 26.7. The third-order valence-corrected chi connectivity index (χ3v) is 14.3. The number of aryl methyl sites for hydroxylation is 2. The molecule has 0 radical (unpaired) electrons. The molecule has 0 aliphatic rings. The number of nitrogens with two attached hydrogens (primary N) is 2. The molecule has 0 unspecified atom stereocenters. The molecule has 31 heteroatoms. The summed E-state index contributed by atoms with van der Waals surface area (Å²) in [5, 5.41) is 57.5. The largest absolute Gasteiger partial charge is 0.505 e. The second-order valence-electron chi connectivity index (χ2n) is 15.0. The van der Waals surface area contributed by atoms with Crippen LogP contribution in [0.25, 0.3) is 10.8 Å². The normalized spacial score (nSPS) is 12.2. The second-order valence-corrected chi connectivity index (χ2v) is 20.7. The van der Waals surface area contributed by atoms with E-state index in [4.69, 9.17) is 26.2 Å². The monoisotopic (exact) mass is 1120 g/mol. The van der Waals surface area contributed by atoms with Crippen molar-refractivity contribution < 1.29 is 72.9 Å². The smallest absolute Gasteiger partial charge is 0.296 e. The lowest BCUT2D eigenvalue weighted by atomic mass is 10.1. The van der Waals surface area contributed by atoms with E-state index in [9.17, 15) is 39.5 Å². The predicted octanol–water partition coefficient (Wildman–Crippen LogP) is 10.8. The van der Waals surface area contributed by atoms with Gasteiger partial charge in [0.05, 0.1) is 50.9 Å². The summed E-state index contributed by atoms with van der Waals surface area (Å²) in [5.41, 5.74) is 15.5. The minimum absolute atomic E-state index is 0.0681. The Morgan fingerprint density at radius 1 is 0.716 bits per heavy atom. The highest BCUT2D eigenvalue weighted by atomic mass is 32.2. The molecule has 0 fully saturated rings. The number of phenols is 1. The molecule has 10 N–H and O–H groups in total. The maximum Gasteiger partial charge on any atom is 0.296 e. The Bertz CT molecular complexity index is 3350. The topological polar surface area (TPSA) is 391 Å². The van der Waals surface area contributed by atoms with Crippen LogP contribution in [0.15, 0.2) is 147 Å². The molecule has 0 spiro atoms. The van der Waals surface area contributed by atoms with Crippen LogP contribution in [-0.4, -0.2) is 76.7 Å². The van der Waals surface area contributed by atoms with Crippen LogP contribution in [-0.2, 0) is 59.6 Å². The van der Waals surface area contributed by atoms with Gasteiger partial charge in [-0.2, -0.15) is 32.2 Å². The summed E-state index contributed by atoms with van der Waals surface area (Å²) in [6, 6.07) is 25.1. The Balaban J connectivity index is 0.000000288. The number of phenolic OH excluding ortho intramolecular Hbond substituents is 1. The summed E-state index contributed by atoms with van der Waals surface area (Å²) in [6.07, 6.45) is 0.663. The number of benzene rings is 6. The average Bonchev–Trinajstić information content (AvgIpc) is 3.35. The van der Waals surface area contributed by atoms with Gasteiger partial charge in [-0.15, -0.1) is 24.0 Å². The fraction of sp³-hybridized carbons (Fsp3) is 0.209. The van der Waals surface area contributed by atoms with Gasteiger partial charge in [0.1, 0.15) is 32.5 Å². The van der Waals surface area contributed by atoms with Gasteiger partial charge in [-0.05, 0) is 123 Å². The van der Waals surface area contributed by atoms with E-state index in [0.29, 0.717) is 65.5 Å². The van der Waals surface area contributed by atoms with Crippen molar-refractivity contribution >= 4 is 117 Å². The standard InChI is InChI=1S/C23H27N5O2S.C20H21N5O14S4/c1-4-28(5-2)20-12-15-23(22(24)16-20)26-25-18-8-10-19(11-9-18)27-31(29,30)21-13-6-17(3)7-14-21;1-22-24-19-15(43(32,33)34)9-11-8-13(40-38-36-27)18(17(21)16(11)20(19)26)25-23-12-5-4-10(7-14(12)42(29,30)31)3-2-6-35-41-39-37-28/h6-16,27H,4-5,24H2,1-3H3;4-5,7-9,26-28H,2-3,6,21H2,1H3,(H,29,30,31)(H,32,33,34). The number of aromatic hydroxyl groups is 1. The van der Waals surface area contributed by atoms with Gasteiger partial charge in [-0.1, -0.05) is 33.8 Å². The third-order valence-electron chi connectivity index (χ3n) is 10.2. The van der Waals surface area contributed by atoms with Crippen molar-refractivity contribution in [3.63, 3.8) is 0 Å². The highest BCUT2D eigenvalue weighted by Crippen LogP contribution is 2.49. The van der Waals surface area contributed by atoms with Crippen molar-refractivity contribution in [3.8, 4) is 5.75 Å². The molecular weight excluding hydrogens is 1070 g/mol. The summed E-state index contributed by atoms with van der Waals surface area (Å²) in [6.45, 7) is 8.02. The molecule has 6 rings (SSSR count). The summed E-state index contributed by atoms with van der Waals surface area (Å²) in [4.78, 5) is 0.907. The molecule has 0 bridgehead atoms. The first-order chi connectivity index (χ1) is 35.1. The lowest BCUT2D eigenvalue weighted by molar-refractivity contribution is -0.434. The van der Waals surface area contributed by atoms with E-state index in [2.05, 4.69) is 72.9 Å². The molecule has 0 amide bonds. The number of nitrogen functional groups attached to an aromatic ring is 2. The molecular formula is C43H48N10O16S5. The van der Waals surface area contributed by atoms with Gasteiger partial charge in [0.15, 0.2) is 18.1 Å². The quantitative estimate of drug-likeness (QED) is 0.00562. The SMILES string of the molecule is CCN(CC)c1ccc(N=Nc2ccc(NS(=O)(=O)c3ccc(C)cc3)cc2)c(N)c1.CN=Nc1c(S(=O)(=O)O)cc2cc(SOOO)c(N=Nc3ccc(CCCOSOOO)cc3S(=O)(=O)O)c(N)c2c1O. The number of anilines is 4.